The van der Waals surface area contributed by atoms with Crippen molar-refractivity contribution in [3.63, 3.8) is 0 Å². The number of aromatic nitrogens is 1. The molecule has 5 atom stereocenters. The third-order valence-electron chi connectivity index (χ3n) is 6.28. The largest absolute Gasteiger partial charge is 0.508 e. The summed E-state index contributed by atoms with van der Waals surface area (Å²) in [4.78, 5) is 19.2. The first-order valence-electron chi connectivity index (χ1n) is 10.3. The van der Waals surface area contributed by atoms with Crippen molar-refractivity contribution >= 4 is 17.1 Å². The zero-order chi connectivity index (χ0) is 20.4. The van der Waals surface area contributed by atoms with Crippen LogP contribution in [0.1, 0.15) is 31.4 Å². The summed E-state index contributed by atoms with van der Waals surface area (Å²) in [5.74, 6) is 1.81. The number of benzene rings is 1. The molecule has 5 rings (SSSR count). The van der Waals surface area contributed by atoms with Crippen LogP contribution in [-0.4, -0.2) is 48.9 Å². The Morgan fingerprint density at radius 1 is 1.41 bits per heavy atom. The topological polar surface area (TPSA) is 60.9 Å². The SMILES string of the molecule is C=C[C@H]1CN2CC[C@@H]1C[C@H]2[C@@H](OC(=O)OCC)c1ccnc2ccc(OC)cc12. The zero-order valence-electron chi connectivity index (χ0n) is 17.0. The van der Waals surface area contributed by atoms with E-state index in [1.54, 1.807) is 20.2 Å². The molecule has 154 valence electrons. The van der Waals surface area contributed by atoms with Crippen molar-refractivity contribution < 1.29 is 19.0 Å². The highest BCUT2D eigenvalue weighted by Gasteiger charge is 2.44. The average molecular weight is 396 g/mol. The van der Waals surface area contributed by atoms with E-state index in [9.17, 15) is 4.79 Å². The minimum atomic E-state index is -0.631. The van der Waals surface area contributed by atoms with E-state index in [4.69, 9.17) is 14.2 Å². The van der Waals surface area contributed by atoms with E-state index in [1.165, 1.54) is 0 Å². The molecule has 1 unspecified atom stereocenters. The van der Waals surface area contributed by atoms with Crippen molar-refractivity contribution in [3.8, 4) is 5.75 Å². The molecule has 0 N–H and O–H groups in total. The van der Waals surface area contributed by atoms with Crippen LogP contribution in [0, 0.1) is 11.8 Å². The Labute approximate surface area is 171 Å². The monoisotopic (exact) mass is 396 g/mol. The van der Waals surface area contributed by atoms with Gasteiger partial charge in [-0.25, -0.2) is 4.79 Å². The van der Waals surface area contributed by atoms with E-state index in [-0.39, 0.29) is 12.6 Å². The average Bonchev–Trinajstić information content (AvgIpc) is 2.77. The molecule has 0 saturated carbocycles. The number of ether oxygens (including phenoxy) is 3. The fourth-order valence-electron chi connectivity index (χ4n) is 4.82. The van der Waals surface area contributed by atoms with Gasteiger partial charge in [-0.3, -0.25) is 9.88 Å². The minimum absolute atomic E-state index is 0.103. The third kappa shape index (κ3) is 3.81. The molecular weight excluding hydrogens is 368 g/mol. The van der Waals surface area contributed by atoms with E-state index >= 15 is 0 Å². The van der Waals surface area contributed by atoms with Gasteiger partial charge in [0.1, 0.15) is 11.9 Å². The Balaban J connectivity index is 1.75. The Morgan fingerprint density at radius 3 is 2.97 bits per heavy atom. The summed E-state index contributed by atoms with van der Waals surface area (Å²) in [6.45, 7) is 8.04. The van der Waals surface area contributed by atoms with Gasteiger partial charge in [0.2, 0.25) is 0 Å². The standard InChI is InChI=1S/C23H28N2O4/c1-4-15-14-25-11-9-16(15)12-21(25)22(29-23(26)28-5-2)18-8-10-24-20-7-6-17(27-3)13-19(18)20/h4,6-8,10,13,15-16,21-22H,1,5,9,11-12,14H2,2-3H3/t15-,16+,21-,22-/m0/s1. The van der Waals surface area contributed by atoms with Crippen LogP contribution in [0.4, 0.5) is 4.79 Å². The first kappa shape index (κ1) is 19.7. The smallest absolute Gasteiger partial charge is 0.497 e. The lowest BCUT2D eigenvalue weighted by molar-refractivity contribution is -0.0652. The molecule has 2 bridgehead atoms. The van der Waals surface area contributed by atoms with E-state index < -0.39 is 12.3 Å². The maximum Gasteiger partial charge on any atom is 0.508 e. The molecule has 0 amide bonds. The van der Waals surface area contributed by atoms with E-state index in [1.807, 2.05) is 24.3 Å². The second-order valence-corrected chi connectivity index (χ2v) is 7.75. The molecule has 0 radical (unpaired) electrons. The van der Waals surface area contributed by atoms with Crippen LogP contribution in [0.15, 0.2) is 43.1 Å². The van der Waals surface area contributed by atoms with Crippen molar-refractivity contribution in [1.29, 1.82) is 0 Å². The van der Waals surface area contributed by atoms with Gasteiger partial charge in [-0.15, -0.1) is 6.58 Å². The van der Waals surface area contributed by atoms with Gasteiger partial charge in [0.15, 0.2) is 0 Å². The summed E-state index contributed by atoms with van der Waals surface area (Å²) in [5, 5.41) is 0.934. The highest BCUT2D eigenvalue weighted by molar-refractivity contribution is 5.84. The van der Waals surface area contributed by atoms with Gasteiger partial charge in [0, 0.05) is 23.7 Å². The summed E-state index contributed by atoms with van der Waals surface area (Å²) in [6, 6.07) is 7.83. The van der Waals surface area contributed by atoms with Gasteiger partial charge in [-0.1, -0.05) is 6.08 Å². The number of carbonyl (C=O) groups is 1. The number of carbonyl (C=O) groups excluding carboxylic acids is 1. The third-order valence-corrected chi connectivity index (χ3v) is 6.28. The molecule has 2 aromatic rings. The molecule has 1 aromatic heterocycles. The highest BCUT2D eigenvalue weighted by atomic mass is 16.7. The van der Waals surface area contributed by atoms with E-state index in [0.717, 1.165) is 48.1 Å². The lowest BCUT2D eigenvalue weighted by Gasteiger charge is -2.51. The highest BCUT2D eigenvalue weighted by Crippen LogP contribution is 2.43. The van der Waals surface area contributed by atoms with Crippen LogP contribution in [0.5, 0.6) is 5.75 Å². The molecule has 6 nitrogen and oxygen atoms in total. The second-order valence-electron chi connectivity index (χ2n) is 7.75. The maximum absolute atomic E-state index is 12.3. The van der Waals surface area contributed by atoms with Crippen LogP contribution in [-0.2, 0) is 9.47 Å². The second kappa shape index (κ2) is 8.41. The van der Waals surface area contributed by atoms with Gasteiger partial charge in [0.25, 0.3) is 0 Å². The van der Waals surface area contributed by atoms with Crippen LogP contribution < -0.4 is 4.74 Å². The molecule has 6 heteroatoms. The summed E-state index contributed by atoms with van der Waals surface area (Å²) < 4.78 is 16.5. The molecule has 3 aliphatic rings. The normalized spacial score (nSPS) is 26.7. The number of piperidine rings is 3. The van der Waals surface area contributed by atoms with Gasteiger partial charge in [0.05, 0.1) is 25.3 Å². The number of hydrogen-bond acceptors (Lipinski definition) is 6. The molecule has 0 aliphatic carbocycles. The van der Waals surface area contributed by atoms with Gasteiger partial charge >= 0.3 is 6.16 Å². The predicted octanol–water partition coefficient (Wildman–Crippen LogP) is 4.35. The lowest BCUT2D eigenvalue weighted by atomic mass is 9.73. The Bertz CT molecular complexity index is 900. The Kier molecular flexibility index (Phi) is 5.72. The fourth-order valence-corrected chi connectivity index (χ4v) is 4.82. The first-order chi connectivity index (χ1) is 14.1. The van der Waals surface area contributed by atoms with Crippen LogP contribution in [0.25, 0.3) is 10.9 Å². The van der Waals surface area contributed by atoms with Gasteiger partial charge < -0.3 is 14.2 Å². The molecule has 3 saturated heterocycles. The molecule has 1 aromatic carbocycles. The Morgan fingerprint density at radius 2 is 2.28 bits per heavy atom. The number of fused-ring (bicyclic) bond motifs is 4. The fraction of sp³-hybridized carbons (Fsp3) is 0.478. The zero-order valence-corrected chi connectivity index (χ0v) is 17.0. The quantitative estimate of drug-likeness (QED) is 0.534. The summed E-state index contributed by atoms with van der Waals surface area (Å²) in [7, 11) is 1.64. The van der Waals surface area contributed by atoms with Crippen molar-refractivity contribution in [1.82, 2.24) is 9.88 Å². The van der Waals surface area contributed by atoms with Crippen molar-refractivity contribution in [2.75, 3.05) is 26.8 Å². The number of nitrogens with zero attached hydrogens (tertiary/aromatic N) is 2. The van der Waals surface area contributed by atoms with Crippen LogP contribution in [0.2, 0.25) is 0 Å². The number of hydrogen-bond donors (Lipinski definition) is 0. The van der Waals surface area contributed by atoms with Gasteiger partial charge in [-0.2, -0.15) is 0 Å². The van der Waals surface area contributed by atoms with Crippen molar-refractivity contribution in [2.24, 2.45) is 11.8 Å². The molecule has 3 fully saturated rings. The summed E-state index contributed by atoms with van der Waals surface area (Å²) in [5.41, 5.74) is 1.79. The maximum atomic E-state index is 12.3. The lowest BCUT2D eigenvalue weighted by Crippen LogP contribution is -2.55. The molecular formula is C23H28N2O4. The van der Waals surface area contributed by atoms with Crippen molar-refractivity contribution in [2.45, 2.75) is 31.9 Å². The number of methoxy groups -OCH3 is 1. The minimum Gasteiger partial charge on any atom is -0.497 e. The summed E-state index contributed by atoms with van der Waals surface area (Å²) in [6.07, 6.45) is 4.91. The van der Waals surface area contributed by atoms with Gasteiger partial charge in [-0.05, 0) is 62.4 Å². The van der Waals surface area contributed by atoms with Crippen LogP contribution >= 0.6 is 0 Å². The number of rotatable bonds is 6. The molecule has 4 heterocycles. The van der Waals surface area contributed by atoms with Crippen molar-refractivity contribution in [3.05, 3.63) is 48.7 Å². The summed E-state index contributed by atoms with van der Waals surface area (Å²) >= 11 is 0. The van der Waals surface area contributed by atoms with E-state index in [2.05, 4.69) is 22.5 Å². The van der Waals surface area contributed by atoms with Crippen LogP contribution in [0.3, 0.4) is 0 Å². The molecule has 29 heavy (non-hydrogen) atoms. The first-order valence-corrected chi connectivity index (χ1v) is 10.3. The number of pyridine rings is 1. The predicted molar refractivity (Wildman–Crippen MR) is 111 cm³/mol. The van der Waals surface area contributed by atoms with E-state index in [0.29, 0.717) is 11.8 Å². The Hall–Kier alpha value is -2.60. The molecule has 3 aliphatic heterocycles. The molecule has 0 spiro atoms.